The van der Waals surface area contributed by atoms with E-state index in [9.17, 15) is 19.8 Å². The van der Waals surface area contributed by atoms with E-state index in [0.29, 0.717) is 19.3 Å². The Labute approximate surface area is 391 Å². The van der Waals surface area contributed by atoms with Gasteiger partial charge >= 0.3 is 5.97 Å². The van der Waals surface area contributed by atoms with Gasteiger partial charge in [-0.15, -0.1) is 0 Å². The molecule has 0 radical (unpaired) electrons. The van der Waals surface area contributed by atoms with E-state index >= 15 is 0 Å². The van der Waals surface area contributed by atoms with Crippen molar-refractivity contribution in [2.45, 2.75) is 296 Å². The highest BCUT2D eigenvalue weighted by molar-refractivity contribution is 5.77. The van der Waals surface area contributed by atoms with Crippen molar-refractivity contribution in [3.63, 3.8) is 0 Å². The van der Waals surface area contributed by atoms with E-state index in [-0.39, 0.29) is 24.9 Å². The number of ether oxygens (including phenoxy) is 1. The standard InChI is InChI=1S/C57H105NO5/c1-4-7-10-13-16-19-22-25-27-28-30-31-34-37-40-43-46-49-55(60)54(52-59)58-56(61)51-53(48-45-42-39-36-33-24-21-18-15-12-9-6-3)63-57(62)50-47-44-41-38-35-32-29-26-23-20-17-14-11-8-5-2/h9,12,18,20-21,23,33,36,53-55,59-60H,4-8,10-11,13-17,19,22,24-32,34-35,37-52H2,1-3H3,(H,58,61)/b12-9+,21-18+,23-20-,36-33+. The van der Waals surface area contributed by atoms with Crippen LogP contribution in [0.1, 0.15) is 278 Å². The van der Waals surface area contributed by atoms with Crippen LogP contribution in [0.3, 0.4) is 0 Å². The number of amides is 1. The summed E-state index contributed by atoms with van der Waals surface area (Å²) in [6.45, 7) is 6.37. The molecule has 1 amide bonds. The average Bonchev–Trinajstić information content (AvgIpc) is 3.28. The van der Waals surface area contributed by atoms with Crippen molar-refractivity contribution in [1.82, 2.24) is 5.32 Å². The molecule has 0 aromatic heterocycles. The number of carbonyl (C=O) groups excluding carboxylic acids is 2. The molecule has 0 saturated heterocycles. The molecule has 0 spiro atoms. The minimum absolute atomic E-state index is 0.0508. The fourth-order valence-electron chi connectivity index (χ4n) is 8.26. The van der Waals surface area contributed by atoms with Crippen LogP contribution in [0.2, 0.25) is 0 Å². The second-order valence-corrected chi connectivity index (χ2v) is 18.6. The van der Waals surface area contributed by atoms with Crippen molar-refractivity contribution in [2.24, 2.45) is 0 Å². The van der Waals surface area contributed by atoms with Crippen LogP contribution >= 0.6 is 0 Å². The molecule has 0 aliphatic rings. The van der Waals surface area contributed by atoms with Gasteiger partial charge in [0.05, 0.1) is 25.2 Å². The smallest absolute Gasteiger partial charge is 0.306 e. The predicted molar refractivity (Wildman–Crippen MR) is 273 cm³/mol. The number of hydrogen-bond donors (Lipinski definition) is 3. The zero-order valence-corrected chi connectivity index (χ0v) is 42.0. The van der Waals surface area contributed by atoms with Crippen LogP contribution in [0.25, 0.3) is 0 Å². The summed E-state index contributed by atoms with van der Waals surface area (Å²) in [7, 11) is 0. The maximum absolute atomic E-state index is 13.2. The summed E-state index contributed by atoms with van der Waals surface area (Å²) in [5.41, 5.74) is 0. The molecule has 368 valence electrons. The number of nitrogens with one attached hydrogen (secondary N) is 1. The Hall–Kier alpha value is -2.18. The lowest BCUT2D eigenvalue weighted by Gasteiger charge is -2.24. The Morgan fingerprint density at radius 3 is 1.35 bits per heavy atom. The fraction of sp³-hybridized carbons (Fsp3) is 0.825. The fourth-order valence-corrected chi connectivity index (χ4v) is 8.26. The molecule has 0 heterocycles. The zero-order chi connectivity index (χ0) is 45.9. The Morgan fingerprint density at radius 2 is 0.857 bits per heavy atom. The van der Waals surface area contributed by atoms with Gasteiger partial charge in [-0.05, 0) is 83.5 Å². The number of aliphatic hydroxyl groups excluding tert-OH is 2. The summed E-state index contributed by atoms with van der Waals surface area (Å²) in [5, 5.41) is 23.8. The van der Waals surface area contributed by atoms with Gasteiger partial charge in [-0.25, -0.2) is 0 Å². The lowest BCUT2D eigenvalue weighted by Crippen LogP contribution is -2.46. The molecule has 3 N–H and O–H groups in total. The monoisotopic (exact) mass is 884 g/mol. The summed E-state index contributed by atoms with van der Waals surface area (Å²) in [4.78, 5) is 26.2. The quantitative estimate of drug-likeness (QED) is 0.0321. The topological polar surface area (TPSA) is 95.9 Å². The van der Waals surface area contributed by atoms with Crippen LogP contribution in [0.4, 0.5) is 0 Å². The van der Waals surface area contributed by atoms with Crippen LogP contribution < -0.4 is 5.32 Å². The van der Waals surface area contributed by atoms with Crippen molar-refractivity contribution in [3.05, 3.63) is 48.6 Å². The van der Waals surface area contributed by atoms with Gasteiger partial charge in [-0.1, -0.05) is 230 Å². The highest BCUT2D eigenvalue weighted by Crippen LogP contribution is 2.18. The maximum Gasteiger partial charge on any atom is 0.306 e. The van der Waals surface area contributed by atoms with Crippen LogP contribution in [0.15, 0.2) is 48.6 Å². The Balaban J connectivity index is 4.52. The van der Waals surface area contributed by atoms with Gasteiger partial charge < -0.3 is 20.3 Å². The predicted octanol–water partition coefficient (Wildman–Crippen LogP) is 16.6. The molecule has 6 heteroatoms. The summed E-state index contributed by atoms with van der Waals surface area (Å²) >= 11 is 0. The third-order valence-corrected chi connectivity index (χ3v) is 12.4. The summed E-state index contributed by atoms with van der Waals surface area (Å²) < 4.78 is 5.92. The van der Waals surface area contributed by atoms with Gasteiger partial charge in [0.2, 0.25) is 5.91 Å². The SMILES string of the molecule is CC/C=C/C/C=C/C/C=C/CCCCC(CC(=O)NC(CO)C(O)CCCCCCCCCCCCCCCCCCC)OC(=O)CCCCCCCCC/C=C\CCCCCC. The lowest BCUT2D eigenvalue weighted by molar-refractivity contribution is -0.151. The second-order valence-electron chi connectivity index (χ2n) is 18.6. The first-order valence-corrected chi connectivity index (χ1v) is 27.4. The van der Waals surface area contributed by atoms with E-state index in [1.807, 2.05) is 0 Å². The molecule has 3 atom stereocenters. The highest BCUT2D eigenvalue weighted by Gasteiger charge is 2.24. The third kappa shape index (κ3) is 46.2. The van der Waals surface area contributed by atoms with Gasteiger partial charge in [-0.3, -0.25) is 9.59 Å². The van der Waals surface area contributed by atoms with E-state index in [4.69, 9.17) is 4.74 Å². The number of aliphatic hydroxyl groups is 2. The number of unbranched alkanes of at least 4 members (excludes halogenated alkanes) is 29. The first-order valence-electron chi connectivity index (χ1n) is 27.4. The van der Waals surface area contributed by atoms with Crippen LogP contribution in [-0.2, 0) is 14.3 Å². The molecule has 3 unspecified atom stereocenters. The van der Waals surface area contributed by atoms with Gasteiger partial charge in [0.15, 0.2) is 0 Å². The van der Waals surface area contributed by atoms with Crippen molar-refractivity contribution in [3.8, 4) is 0 Å². The van der Waals surface area contributed by atoms with Crippen molar-refractivity contribution in [2.75, 3.05) is 6.61 Å². The zero-order valence-electron chi connectivity index (χ0n) is 42.0. The molecular formula is C57H105NO5. The van der Waals surface area contributed by atoms with E-state index < -0.39 is 18.2 Å². The second kappa shape index (κ2) is 50.8. The first kappa shape index (κ1) is 60.8. The Kier molecular flexibility index (Phi) is 49.1. The lowest BCUT2D eigenvalue weighted by atomic mass is 10.0. The largest absolute Gasteiger partial charge is 0.462 e. The van der Waals surface area contributed by atoms with Crippen molar-refractivity contribution >= 4 is 11.9 Å². The third-order valence-electron chi connectivity index (χ3n) is 12.4. The van der Waals surface area contributed by atoms with Gasteiger partial charge in [0.25, 0.3) is 0 Å². The van der Waals surface area contributed by atoms with Gasteiger partial charge in [0, 0.05) is 6.42 Å². The molecule has 0 fully saturated rings. The first-order chi connectivity index (χ1) is 31.0. The van der Waals surface area contributed by atoms with Crippen molar-refractivity contribution < 1.29 is 24.5 Å². The number of hydrogen-bond acceptors (Lipinski definition) is 5. The molecular weight excluding hydrogens is 779 g/mol. The van der Waals surface area contributed by atoms with Gasteiger partial charge in [-0.2, -0.15) is 0 Å². The summed E-state index contributed by atoms with van der Waals surface area (Å²) in [6, 6.07) is -0.714. The van der Waals surface area contributed by atoms with E-state index in [2.05, 4.69) is 74.7 Å². The molecule has 0 aliphatic carbocycles. The normalized spacial score (nSPS) is 13.5. The minimum Gasteiger partial charge on any atom is -0.462 e. The number of carbonyl (C=O) groups is 2. The number of allylic oxidation sites excluding steroid dienone is 8. The molecule has 0 aromatic rings. The van der Waals surface area contributed by atoms with Crippen LogP contribution in [-0.4, -0.2) is 46.9 Å². The molecule has 0 aliphatic heterocycles. The average molecular weight is 884 g/mol. The summed E-state index contributed by atoms with van der Waals surface area (Å²) in [6.07, 6.45) is 61.8. The number of rotatable bonds is 49. The molecule has 6 nitrogen and oxygen atoms in total. The molecule has 63 heavy (non-hydrogen) atoms. The molecule has 0 aromatic carbocycles. The Bertz CT molecular complexity index is 1080. The molecule has 0 rings (SSSR count). The minimum atomic E-state index is -0.798. The van der Waals surface area contributed by atoms with Crippen molar-refractivity contribution in [1.29, 1.82) is 0 Å². The van der Waals surface area contributed by atoms with Crippen LogP contribution in [0, 0.1) is 0 Å². The van der Waals surface area contributed by atoms with E-state index in [1.54, 1.807) is 0 Å². The maximum atomic E-state index is 13.2. The Morgan fingerprint density at radius 1 is 0.476 bits per heavy atom. The molecule has 0 bridgehead atoms. The van der Waals surface area contributed by atoms with E-state index in [1.165, 1.54) is 154 Å². The number of esters is 1. The highest BCUT2D eigenvalue weighted by atomic mass is 16.5. The molecule has 0 saturated carbocycles. The van der Waals surface area contributed by atoms with Crippen LogP contribution in [0.5, 0.6) is 0 Å². The van der Waals surface area contributed by atoms with Gasteiger partial charge in [0.1, 0.15) is 6.10 Å². The van der Waals surface area contributed by atoms with E-state index in [0.717, 1.165) is 77.0 Å². The summed E-state index contributed by atoms with van der Waals surface area (Å²) in [5.74, 6) is -0.511.